The number of amides is 1. The Bertz CT molecular complexity index is 780. The lowest BCUT2D eigenvalue weighted by molar-refractivity contribution is -0.140. The van der Waals surface area contributed by atoms with E-state index in [9.17, 15) is 14.0 Å². The molecule has 26 heavy (non-hydrogen) atoms. The molecule has 0 radical (unpaired) electrons. The Morgan fingerprint density at radius 3 is 2.54 bits per heavy atom. The number of thiazole rings is 1. The normalized spacial score (nSPS) is 20.0. The first kappa shape index (κ1) is 18.5. The molecule has 0 spiro atoms. The first-order chi connectivity index (χ1) is 12.5. The number of hydrogen-bond donors (Lipinski definition) is 0. The predicted molar refractivity (Wildman–Crippen MR) is 97.4 cm³/mol. The van der Waals surface area contributed by atoms with Crippen LogP contribution in [0.2, 0.25) is 0 Å². The minimum absolute atomic E-state index is 0.155. The molecule has 1 saturated heterocycles. The topological polar surface area (TPSA) is 59.5 Å². The summed E-state index contributed by atoms with van der Waals surface area (Å²) in [6.45, 7) is 3.76. The molecule has 0 N–H and O–H groups in total. The number of rotatable bonds is 4. The Morgan fingerprint density at radius 2 is 1.88 bits per heavy atom. The molecule has 0 saturated carbocycles. The van der Waals surface area contributed by atoms with Crippen LogP contribution in [0.5, 0.6) is 0 Å². The molecule has 1 amide bonds. The number of carbonyl (C=O) groups is 2. The van der Waals surface area contributed by atoms with Crippen LogP contribution in [0, 0.1) is 5.82 Å². The summed E-state index contributed by atoms with van der Waals surface area (Å²) in [5, 5.41) is 2.18. The average molecular weight is 376 g/mol. The highest BCUT2D eigenvalue weighted by Crippen LogP contribution is 2.25. The zero-order chi connectivity index (χ0) is 18.7. The zero-order valence-corrected chi connectivity index (χ0v) is 15.6. The van der Waals surface area contributed by atoms with Gasteiger partial charge in [0.1, 0.15) is 10.8 Å². The zero-order valence-electron chi connectivity index (χ0n) is 14.8. The van der Waals surface area contributed by atoms with Gasteiger partial charge in [0.15, 0.2) is 12.3 Å². The average Bonchev–Trinajstić information content (AvgIpc) is 3.10. The molecule has 2 heterocycles. The highest BCUT2D eigenvalue weighted by molar-refractivity contribution is 7.13. The maximum Gasteiger partial charge on any atom is 0.358 e. The van der Waals surface area contributed by atoms with Crippen LogP contribution in [0.4, 0.5) is 4.39 Å². The monoisotopic (exact) mass is 376 g/mol. The lowest BCUT2D eigenvalue weighted by Crippen LogP contribution is -2.49. The van der Waals surface area contributed by atoms with E-state index in [4.69, 9.17) is 4.74 Å². The smallest absolute Gasteiger partial charge is 0.358 e. The van der Waals surface area contributed by atoms with Gasteiger partial charge in [0.25, 0.3) is 5.91 Å². The number of ether oxygens (including phenoxy) is 1. The van der Waals surface area contributed by atoms with Gasteiger partial charge in [-0.15, -0.1) is 11.3 Å². The Balaban J connectivity index is 1.60. The molecule has 0 aliphatic carbocycles. The number of hydrogen-bond acceptors (Lipinski definition) is 5. The van der Waals surface area contributed by atoms with Crippen LogP contribution < -0.4 is 0 Å². The Labute approximate surface area is 155 Å². The van der Waals surface area contributed by atoms with Crippen LogP contribution in [0.25, 0.3) is 10.6 Å². The molecule has 0 unspecified atom stereocenters. The van der Waals surface area contributed by atoms with Gasteiger partial charge >= 0.3 is 5.97 Å². The Kier molecular flexibility index (Phi) is 5.66. The van der Waals surface area contributed by atoms with Crippen molar-refractivity contribution in [1.82, 2.24) is 9.88 Å². The Hall–Kier alpha value is -2.28. The highest BCUT2D eigenvalue weighted by atomic mass is 32.1. The fraction of sp³-hybridized carbons (Fsp3) is 0.421. The van der Waals surface area contributed by atoms with Gasteiger partial charge in [0.2, 0.25) is 0 Å². The van der Waals surface area contributed by atoms with E-state index in [0.717, 1.165) is 24.8 Å². The molecule has 2 atom stereocenters. The number of aromatic nitrogens is 1. The third-order valence-electron chi connectivity index (χ3n) is 4.61. The van der Waals surface area contributed by atoms with Gasteiger partial charge in [-0.2, -0.15) is 0 Å². The van der Waals surface area contributed by atoms with Crippen molar-refractivity contribution in [3.8, 4) is 10.6 Å². The van der Waals surface area contributed by atoms with Crippen LogP contribution in [-0.4, -0.2) is 40.5 Å². The third-order valence-corrected chi connectivity index (χ3v) is 5.50. The SMILES string of the molecule is C[C@@H]1CCC[C@@H](C)N1C(=O)COC(=O)c1csc(-c2ccc(F)cc2)n1. The van der Waals surface area contributed by atoms with E-state index in [0.29, 0.717) is 5.01 Å². The molecule has 7 heteroatoms. The summed E-state index contributed by atoms with van der Waals surface area (Å²) in [6, 6.07) is 6.21. The first-order valence-electron chi connectivity index (χ1n) is 8.65. The number of carbonyl (C=O) groups excluding carboxylic acids is 2. The fourth-order valence-electron chi connectivity index (χ4n) is 3.28. The number of likely N-dealkylation sites (tertiary alicyclic amines) is 1. The van der Waals surface area contributed by atoms with Crippen molar-refractivity contribution < 1.29 is 18.7 Å². The minimum atomic E-state index is -0.625. The van der Waals surface area contributed by atoms with Crippen molar-refractivity contribution >= 4 is 23.2 Å². The second-order valence-electron chi connectivity index (χ2n) is 6.55. The molecule has 1 aromatic heterocycles. The fourth-order valence-corrected chi connectivity index (χ4v) is 4.08. The number of piperidine rings is 1. The van der Waals surface area contributed by atoms with Crippen molar-refractivity contribution in [1.29, 1.82) is 0 Å². The summed E-state index contributed by atoms with van der Waals surface area (Å²) in [4.78, 5) is 30.6. The van der Waals surface area contributed by atoms with Gasteiger partial charge in [-0.1, -0.05) is 0 Å². The largest absolute Gasteiger partial charge is 0.451 e. The molecule has 5 nitrogen and oxygen atoms in total. The molecule has 1 aliphatic rings. The van der Waals surface area contributed by atoms with E-state index in [1.807, 2.05) is 18.7 Å². The lowest BCUT2D eigenvalue weighted by Gasteiger charge is -2.38. The molecule has 138 valence electrons. The third kappa shape index (κ3) is 4.09. The molecule has 3 rings (SSSR count). The lowest BCUT2D eigenvalue weighted by atomic mass is 9.97. The number of nitrogens with zero attached hydrogens (tertiary/aromatic N) is 2. The van der Waals surface area contributed by atoms with Crippen LogP contribution in [0.3, 0.4) is 0 Å². The van der Waals surface area contributed by atoms with Crippen LogP contribution in [-0.2, 0) is 9.53 Å². The summed E-state index contributed by atoms with van der Waals surface area (Å²) < 4.78 is 18.2. The molecule has 1 fully saturated rings. The predicted octanol–water partition coefficient (Wildman–Crippen LogP) is 3.90. The molecule has 1 aliphatic heterocycles. The maximum atomic E-state index is 13.0. The van der Waals surface area contributed by atoms with E-state index >= 15 is 0 Å². The van der Waals surface area contributed by atoms with E-state index < -0.39 is 5.97 Å². The molecule has 1 aromatic carbocycles. The Morgan fingerprint density at radius 1 is 1.23 bits per heavy atom. The number of benzene rings is 1. The van der Waals surface area contributed by atoms with Gasteiger partial charge < -0.3 is 9.64 Å². The maximum absolute atomic E-state index is 13.0. The summed E-state index contributed by atoms with van der Waals surface area (Å²) in [6.07, 6.45) is 3.05. The van der Waals surface area contributed by atoms with Gasteiger partial charge in [0.05, 0.1) is 0 Å². The van der Waals surface area contributed by atoms with Crippen LogP contribution in [0.1, 0.15) is 43.6 Å². The molecular weight excluding hydrogens is 355 g/mol. The highest BCUT2D eigenvalue weighted by Gasteiger charge is 2.29. The summed E-state index contributed by atoms with van der Waals surface area (Å²) in [5.74, 6) is -1.13. The van der Waals surface area contributed by atoms with E-state index in [1.54, 1.807) is 17.5 Å². The summed E-state index contributed by atoms with van der Waals surface area (Å²) in [5.41, 5.74) is 0.879. The van der Waals surface area contributed by atoms with E-state index in [1.165, 1.54) is 23.5 Å². The quantitative estimate of drug-likeness (QED) is 0.760. The first-order valence-corrected chi connectivity index (χ1v) is 9.53. The second-order valence-corrected chi connectivity index (χ2v) is 7.41. The number of esters is 1. The molecule has 2 aromatic rings. The van der Waals surface area contributed by atoms with Crippen molar-refractivity contribution in [3.05, 3.63) is 41.2 Å². The van der Waals surface area contributed by atoms with E-state index in [2.05, 4.69) is 4.98 Å². The van der Waals surface area contributed by atoms with Gasteiger partial charge in [-0.25, -0.2) is 14.2 Å². The minimum Gasteiger partial charge on any atom is -0.451 e. The van der Waals surface area contributed by atoms with Crippen molar-refractivity contribution in [2.24, 2.45) is 0 Å². The van der Waals surface area contributed by atoms with Crippen molar-refractivity contribution in [3.63, 3.8) is 0 Å². The van der Waals surface area contributed by atoms with Gasteiger partial charge in [0, 0.05) is 23.0 Å². The second kappa shape index (κ2) is 7.95. The van der Waals surface area contributed by atoms with E-state index in [-0.39, 0.29) is 36.1 Å². The standard InChI is InChI=1S/C19H21FN2O3S/c1-12-4-3-5-13(2)22(12)17(23)10-25-19(24)16-11-26-18(21-16)14-6-8-15(20)9-7-14/h6-9,11-13H,3-5,10H2,1-2H3/t12-,13-/m1/s1. The van der Waals surface area contributed by atoms with Crippen molar-refractivity contribution in [2.45, 2.75) is 45.2 Å². The number of halogens is 1. The van der Waals surface area contributed by atoms with Crippen LogP contribution in [0.15, 0.2) is 29.6 Å². The molecular formula is C19H21FN2O3S. The van der Waals surface area contributed by atoms with Gasteiger partial charge in [-0.3, -0.25) is 4.79 Å². The summed E-state index contributed by atoms with van der Waals surface area (Å²) in [7, 11) is 0. The van der Waals surface area contributed by atoms with Crippen LogP contribution >= 0.6 is 11.3 Å². The van der Waals surface area contributed by atoms with Crippen molar-refractivity contribution in [2.75, 3.05) is 6.61 Å². The summed E-state index contributed by atoms with van der Waals surface area (Å²) >= 11 is 1.27. The van der Waals surface area contributed by atoms with Gasteiger partial charge in [-0.05, 0) is 57.4 Å². The molecule has 0 bridgehead atoms.